The number of likely N-dealkylation sites (tertiary alicyclic amines) is 1. The van der Waals surface area contributed by atoms with Gasteiger partial charge in [-0.3, -0.25) is 0 Å². The second-order valence-corrected chi connectivity index (χ2v) is 5.22. The van der Waals surface area contributed by atoms with Crippen LogP contribution in [-0.2, 0) is 0 Å². The Morgan fingerprint density at radius 3 is 2.81 bits per heavy atom. The second-order valence-electron chi connectivity index (χ2n) is 5.22. The fourth-order valence-electron chi connectivity index (χ4n) is 2.47. The smallest absolute Gasteiger partial charge is 0.0120 e. The molecule has 1 aliphatic heterocycles. The molecule has 1 heterocycles. The Morgan fingerprint density at radius 2 is 2.12 bits per heavy atom. The minimum Gasteiger partial charge on any atom is -0.314 e. The number of hydrogen-bond acceptors (Lipinski definition) is 2. The number of hydrogen-bond donors (Lipinski definition) is 1. The summed E-state index contributed by atoms with van der Waals surface area (Å²) in [4.78, 5) is 2.46. The summed E-state index contributed by atoms with van der Waals surface area (Å²) >= 11 is 0. The van der Waals surface area contributed by atoms with E-state index in [-0.39, 0.29) is 0 Å². The van der Waals surface area contributed by atoms with Crippen molar-refractivity contribution in [2.45, 2.75) is 51.6 Å². The van der Waals surface area contributed by atoms with Crippen molar-refractivity contribution in [3.05, 3.63) is 0 Å². The summed E-state index contributed by atoms with van der Waals surface area (Å²) < 4.78 is 0. The van der Waals surface area contributed by atoms with E-state index in [1.165, 1.54) is 19.4 Å². The molecule has 92 valence electrons. The van der Waals surface area contributed by atoms with Crippen molar-refractivity contribution in [2.24, 2.45) is 5.92 Å². The van der Waals surface area contributed by atoms with Gasteiger partial charge in [0.05, 0.1) is 0 Å². The fraction of sp³-hybridized carbons (Fsp3) is 0.857. The summed E-state index contributed by atoms with van der Waals surface area (Å²) in [6, 6.07) is 1.40. The molecule has 1 saturated heterocycles. The Balaban J connectivity index is 2.18. The number of nitrogens with zero attached hydrogens (tertiary/aromatic N) is 1. The van der Waals surface area contributed by atoms with Gasteiger partial charge >= 0.3 is 0 Å². The maximum atomic E-state index is 5.23. The molecule has 0 aliphatic carbocycles. The number of nitrogens with one attached hydrogen (secondary N) is 1. The third kappa shape index (κ3) is 4.15. The van der Waals surface area contributed by atoms with Crippen LogP contribution in [0.25, 0.3) is 0 Å². The molecular weight excluding hydrogens is 196 g/mol. The van der Waals surface area contributed by atoms with Gasteiger partial charge in [-0.25, -0.2) is 0 Å². The van der Waals surface area contributed by atoms with Gasteiger partial charge in [0.15, 0.2) is 0 Å². The van der Waals surface area contributed by atoms with E-state index in [9.17, 15) is 0 Å². The molecule has 0 saturated carbocycles. The van der Waals surface area contributed by atoms with E-state index >= 15 is 0 Å². The van der Waals surface area contributed by atoms with Crippen LogP contribution in [-0.4, -0.2) is 37.1 Å². The molecule has 1 aliphatic rings. The van der Waals surface area contributed by atoms with Gasteiger partial charge in [0.2, 0.25) is 0 Å². The lowest BCUT2D eigenvalue weighted by Gasteiger charge is -2.40. The first-order chi connectivity index (χ1) is 7.65. The van der Waals surface area contributed by atoms with E-state index < -0.39 is 0 Å². The van der Waals surface area contributed by atoms with Crippen LogP contribution in [0.4, 0.5) is 0 Å². The normalized spacial score (nSPS) is 31.2. The minimum absolute atomic E-state index is 0.692. The van der Waals surface area contributed by atoms with Crippen LogP contribution in [0.15, 0.2) is 0 Å². The van der Waals surface area contributed by atoms with Crippen LogP contribution in [0.1, 0.15) is 39.5 Å². The Hall–Kier alpha value is -0.520. The summed E-state index contributed by atoms with van der Waals surface area (Å²) in [5, 5.41) is 3.69. The first kappa shape index (κ1) is 13.5. The molecule has 2 heteroatoms. The van der Waals surface area contributed by atoms with Gasteiger partial charge in [0.25, 0.3) is 0 Å². The lowest BCUT2D eigenvalue weighted by Crippen LogP contribution is -2.51. The van der Waals surface area contributed by atoms with E-state index in [1.54, 1.807) is 0 Å². The second kappa shape index (κ2) is 6.93. The lowest BCUT2D eigenvalue weighted by atomic mass is 9.90. The van der Waals surface area contributed by atoms with Crippen molar-refractivity contribution in [1.29, 1.82) is 0 Å². The summed E-state index contributed by atoms with van der Waals surface area (Å²) in [7, 11) is 2.23. The van der Waals surface area contributed by atoms with Crippen molar-refractivity contribution in [3.63, 3.8) is 0 Å². The maximum absolute atomic E-state index is 5.23. The minimum atomic E-state index is 0.692. The van der Waals surface area contributed by atoms with Crippen molar-refractivity contribution in [3.8, 4) is 12.3 Å². The highest BCUT2D eigenvalue weighted by molar-refractivity contribution is 4.86. The Kier molecular flexibility index (Phi) is 5.87. The molecule has 1 rings (SSSR count). The van der Waals surface area contributed by atoms with Gasteiger partial charge in [-0.05, 0) is 45.7 Å². The zero-order chi connectivity index (χ0) is 12.0. The van der Waals surface area contributed by atoms with Gasteiger partial charge in [0, 0.05) is 25.0 Å². The highest BCUT2D eigenvalue weighted by atomic mass is 15.2. The van der Waals surface area contributed by atoms with Crippen molar-refractivity contribution in [2.75, 3.05) is 20.1 Å². The maximum Gasteiger partial charge on any atom is 0.0120 e. The first-order valence-corrected chi connectivity index (χ1v) is 6.52. The predicted molar refractivity (Wildman–Crippen MR) is 70.3 cm³/mol. The Bertz CT molecular complexity index is 231. The third-order valence-electron chi connectivity index (χ3n) is 3.76. The zero-order valence-electron chi connectivity index (χ0n) is 11.0. The van der Waals surface area contributed by atoms with Crippen molar-refractivity contribution >= 4 is 0 Å². The molecule has 2 nitrogen and oxygen atoms in total. The Labute approximate surface area is 101 Å². The van der Waals surface area contributed by atoms with Gasteiger partial charge in [0.1, 0.15) is 0 Å². The topological polar surface area (TPSA) is 15.3 Å². The molecule has 16 heavy (non-hydrogen) atoms. The van der Waals surface area contributed by atoms with Crippen LogP contribution in [0, 0.1) is 18.3 Å². The molecule has 0 bridgehead atoms. The van der Waals surface area contributed by atoms with Crippen LogP contribution in [0.2, 0.25) is 0 Å². The standard InChI is InChI=1S/C14H26N2/c1-5-6-7-8-9-15-14-10-13(3)16(4)11-12(14)2/h1,12-15H,6-11H2,2-4H3. The third-order valence-corrected chi connectivity index (χ3v) is 3.76. The quantitative estimate of drug-likeness (QED) is 0.566. The van der Waals surface area contributed by atoms with Gasteiger partial charge in [-0.15, -0.1) is 12.3 Å². The van der Waals surface area contributed by atoms with Gasteiger partial charge in [-0.2, -0.15) is 0 Å². The highest BCUT2D eigenvalue weighted by Gasteiger charge is 2.27. The van der Waals surface area contributed by atoms with E-state index in [4.69, 9.17) is 6.42 Å². The highest BCUT2D eigenvalue weighted by Crippen LogP contribution is 2.20. The molecular formula is C14H26N2. The SMILES string of the molecule is C#CCCCCNC1CC(C)N(C)CC1C. The van der Waals surface area contributed by atoms with Gasteiger partial charge < -0.3 is 10.2 Å². The zero-order valence-corrected chi connectivity index (χ0v) is 11.0. The molecule has 0 amide bonds. The molecule has 0 aromatic rings. The fourth-order valence-corrected chi connectivity index (χ4v) is 2.47. The first-order valence-electron chi connectivity index (χ1n) is 6.52. The number of rotatable bonds is 5. The number of unbranched alkanes of at least 4 members (excludes halogenated alkanes) is 2. The van der Waals surface area contributed by atoms with Crippen LogP contribution in [0.5, 0.6) is 0 Å². The molecule has 1 N–H and O–H groups in total. The van der Waals surface area contributed by atoms with E-state index in [0.717, 1.165) is 25.3 Å². The predicted octanol–water partition coefficient (Wildman–Crippen LogP) is 2.11. The van der Waals surface area contributed by atoms with Crippen molar-refractivity contribution in [1.82, 2.24) is 10.2 Å². The van der Waals surface area contributed by atoms with Gasteiger partial charge in [-0.1, -0.05) is 6.92 Å². The summed E-state index contributed by atoms with van der Waals surface area (Å²) in [6.07, 6.45) is 9.78. The number of terminal acetylenes is 1. The van der Waals surface area contributed by atoms with Crippen LogP contribution < -0.4 is 5.32 Å². The summed E-state index contributed by atoms with van der Waals surface area (Å²) in [5.41, 5.74) is 0. The Morgan fingerprint density at radius 1 is 1.38 bits per heavy atom. The van der Waals surface area contributed by atoms with Crippen molar-refractivity contribution < 1.29 is 0 Å². The summed E-state index contributed by atoms with van der Waals surface area (Å²) in [5.74, 6) is 3.45. The molecule has 1 fully saturated rings. The van der Waals surface area contributed by atoms with E-state index in [2.05, 4.69) is 37.0 Å². The summed E-state index contributed by atoms with van der Waals surface area (Å²) in [6.45, 7) is 7.00. The van der Waals surface area contributed by atoms with Crippen LogP contribution in [0.3, 0.4) is 0 Å². The molecule has 0 aromatic carbocycles. The monoisotopic (exact) mass is 222 g/mol. The molecule has 3 atom stereocenters. The van der Waals surface area contributed by atoms with E-state index in [0.29, 0.717) is 12.1 Å². The van der Waals surface area contributed by atoms with Crippen LogP contribution >= 0.6 is 0 Å². The average molecular weight is 222 g/mol. The molecule has 0 spiro atoms. The number of piperidine rings is 1. The molecule has 0 radical (unpaired) electrons. The average Bonchev–Trinajstić information content (AvgIpc) is 2.25. The molecule has 3 unspecified atom stereocenters. The largest absolute Gasteiger partial charge is 0.314 e. The lowest BCUT2D eigenvalue weighted by molar-refractivity contribution is 0.122. The van der Waals surface area contributed by atoms with E-state index in [1.807, 2.05) is 0 Å². The molecule has 0 aromatic heterocycles.